The number of allylic oxidation sites excluding steroid dienone is 4. The lowest BCUT2D eigenvalue weighted by Crippen LogP contribution is -2.28. The summed E-state index contributed by atoms with van der Waals surface area (Å²) in [6.45, 7) is 10.8. The Morgan fingerprint density at radius 2 is 1.82 bits per heavy atom. The number of ether oxygens (including phenoxy) is 2. The summed E-state index contributed by atoms with van der Waals surface area (Å²) in [7, 11) is 0. The molecule has 182 valence electrons. The minimum atomic E-state index is -1.16. The highest BCUT2D eigenvalue weighted by Crippen LogP contribution is 2.45. The normalized spacial score (nSPS) is 16.4. The van der Waals surface area contributed by atoms with Gasteiger partial charge in [-0.2, -0.15) is 0 Å². The minimum Gasteiger partial charge on any atom is -0.487 e. The molecule has 2 N–H and O–H groups in total. The smallest absolute Gasteiger partial charge is 0.412 e. The highest BCUT2D eigenvalue weighted by Gasteiger charge is 2.28. The maximum Gasteiger partial charge on any atom is 0.412 e. The number of benzene rings is 1. The molecule has 34 heavy (non-hydrogen) atoms. The third-order valence-corrected chi connectivity index (χ3v) is 7.12. The molecule has 1 amide bonds. The first-order chi connectivity index (χ1) is 15.7. The van der Waals surface area contributed by atoms with Crippen LogP contribution in [0.5, 0.6) is 5.75 Å². The molecule has 0 aromatic heterocycles. The van der Waals surface area contributed by atoms with E-state index in [2.05, 4.69) is 10.7 Å². The van der Waals surface area contributed by atoms with E-state index >= 15 is 0 Å². The number of carboxylic acids is 1. The zero-order valence-electron chi connectivity index (χ0n) is 20.1. The fourth-order valence-corrected chi connectivity index (χ4v) is 5.94. The molecule has 0 fully saturated rings. The summed E-state index contributed by atoms with van der Waals surface area (Å²) >= 11 is 9.13. The number of hydrogen-bond acceptors (Lipinski definition) is 7. The van der Waals surface area contributed by atoms with Gasteiger partial charge < -0.3 is 14.6 Å². The van der Waals surface area contributed by atoms with Crippen molar-refractivity contribution in [1.29, 1.82) is 0 Å². The van der Waals surface area contributed by atoms with Crippen molar-refractivity contribution in [2.24, 2.45) is 0 Å². The zero-order valence-corrected chi connectivity index (χ0v) is 22.6. The van der Waals surface area contributed by atoms with Gasteiger partial charge in [0.05, 0.1) is 5.69 Å². The molecule has 0 unspecified atom stereocenters. The third kappa shape index (κ3) is 6.67. The lowest BCUT2D eigenvalue weighted by molar-refractivity contribution is 0.0630. The molecular weight excluding hydrogens is 490 g/mol. The number of nitrogens with one attached hydrogen (secondary N) is 1. The zero-order chi connectivity index (χ0) is 25.3. The Morgan fingerprint density at radius 3 is 2.38 bits per heavy atom. The molecule has 0 saturated heterocycles. The molecule has 3 rings (SSSR count). The molecule has 0 bridgehead atoms. The molecule has 6 nitrogen and oxygen atoms in total. The molecule has 1 aromatic carbocycles. The molecule has 1 aliphatic heterocycles. The van der Waals surface area contributed by atoms with Crippen molar-refractivity contribution < 1.29 is 24.2 Å². The van der Waals surface area contributed by atoms with Crippen molar-refractivity contribution in [3.8, 4) is 5.75 Å². The predicted molar refractivity (Wildman–Crippen MR) is 145 cm³/mol. The second-order valence-electron chi connectivity index (χ2n) is 9.77. The maximum absolute atomic E-state index is 12.7. The van der Waals surface area contributed by atoms with Gasteiger partial charge in [0.15, 0.2) is 0 Å². The van der Waals surface area contributed by atoms with E-state index < -0.39 is 23.3 Å². The van der Waals surface area contributed by atoms with E-state index in [9.17, 15) is 14.7 Å². The second kappa shape index (κ2) is 10.2. The number of hydrogen-bond donors (Lipinski definition) is 2. The van der Waals surface area contributed by atoms with Crippen molar-refractivity contribution in [2.75, 3.05) is 10.4 Å². The van der Waals surface area contributed by atoms with Crippen LogP contribution in [-0.2, 0) is 4.74 Å². The Balaban J connectivity index is 2.25. The molecule has 1 aliphatic carbocycles. The van der Waals surface area contributed by atoms with E-state index in [1.54, 1.807) is 50.4 Å². The highest BCUT2D eigenvalue weighted by atomic mass is 32.2. The van der Waals surface area contributed by atoms with Crippen LogP contribution in [0.1, 0.15) is 63.9 Å². The molecule has 0 saturated carbocycles. The van der Waals surface area contributed by atoms with Crippen LogP contribution >= 0.6 is 35.7 Å². The fourth-order valence-electron chi connectivity index (χ4n) is 3.39. The van der Waals surface area contributed by atoms with Gasteiger partial charge >= 0.3 is 12.1 Å². The molecule has 0 atom stereocenters. The Bertz CT molecular complexity index is 1120. The number of thioether (sulfide) groups is 2. The van der Waals surface area contributed by atoms with Crippen LogP contribution in [0.2, 0.25) is 0 Å². The lowest BCUT2D eigenvalue weighted by atomic mass is 9.90. The SMILES string of the molecule is CC(C)(C)OC(=O)Nc1cc(C(=O)O)c(OC(C)(C)C)cc1C1=C(C2=CSCS2)C(=S)CC=C1. The van der Waals surface area contributed by atoms with Gasteiger partial charge in [-0.3, -0.25) is 5.32 Å². The summed E-state index contributed by atoms with van der Waals surface area (Å²) in [5.74, 6) is -0.948. The van der Waals surface area contributed by atoms with Crippen molar-refractivity contribution in [2.45, 2.75) is 59.2 Å². The maximum atomic E-state index is 12.7. The first-order valence-electron chi connectivity index (χ1n) is 10.7. The summed E-state index contributed by atoms with van der Waals surface area (Å²) in [5.41, 5.74) is 1.25. The summed E-state index contributed by atoms with van der Waals surface area (Å²) in [4.78, 5) is 26.6. The van der Waals surface area contributed by atoms with Gasteiger partial charge in [-0.05, 0) is 64.7 Å². The van der Waals surface area contributed by atoms with Crippen molar-refractivity contribution in [1.82, 2.24) is 0 Å². The van der Waals surface area contributed by atoms with Crippen LogP contribution in [0, 0.1) is 0 Å². The number of carboxylic acid groups (broad SMARTS) is 1. The average Bonchev–Trinajstić information content (AvgIpc) is 3.20. The van der Waals surface area contributed by atoms with Gasteiger partial charge in [0.2, 0.25) is 0 Å². The Morgan fingerprint density at radius 1 is 1.12 bits per heavy atom. The molecule has 1 heterocycles. The van der Waals surface area contributed by atoms with Crippen LogP contribution in [0.25, 0.3) is 5.57 Å². The minimum absolute atomic E-state index is 0.0562. The molecule has 0 radical (unpaired) electrons. The van der Waals surface area contributed by atoms with Gasteiger partial charge in [-0.25, -0.2) is 9.59 Å². The van der Waals surface area contributed by atoms with Crippen molar-refractivity contribution in [3.05, 3.63) is 51.3 Å². The van der Waals surface area contributed by atoms with Crippen molar-refractivity contribution >= 4 is 63.9 Å². The second-order valence-corrected chi connectivity index (χ2v) is 12.5. The third-order valence-electron chi connectivity index (χ3n) is 4.55. The van der Waals surface area contributed by atoms with Crippen LogP contribution in [0.15, 0.2) is 40.2 Å². The van der Waals surface area contributed by atoms with E-state index in [0.29, 0.717) is 17.7 Å². The quantitative estimate of drug-likeness (QED) is 0.393. The predicted octanol–water partition coefficient (Wildman–Crippen LogP) is 7.27. The number of thiocarbonyl (C=S) groups is 1. The number of aromatic carboxylic acids is 1. The Kier molecular flexibility index (Phi) is 7.89. The lowest BCUT2D eigenvalue weighted by Gasteiger charge is -2.26. The number of amides is 1. The fraction of sp³-hybridized carbons (Fsp3) is 0.400. The van der Waals surface area contributed by atoms with Crippen molar-refractivity contribution in [3.63, 3.8) is 0 Å². The molecular formula is C25H29NO5S3. The first kappa shape index (κ1) is 26.4. The standard InChI is InChI=1S/C25H29NO5S3/c1-24(2,3)30-18-11-15(14-8-7-9-19(32)21(14)20-12-33-13-34-20)17(10-16(18)22(27)28)26-23(29)31-25(4,5)6/h7-8,10-12H,9,13H2,1-6H3,(H,26,29)(H,27,28). The van der Waals surface area contributed by atoms with E-state index in [0.717, 1.165) is 26.0 Å². The molecule has 9 heteroatoms. The van der Waals surface area contributed by atoms with Crippen LogP contribution in [0.4, 0.5) is 10.5 Å². The summed E-state index contributed by atoms with van der Waals surface area (Å²) in [6, 6.07) is 3.09. The van der Waals surface area contributed by atoms with Gasteiger partial charge in [0.25, 0.3) is 0 Å². The van der Waals surface area contributed by atoms with E-state index in [-0.39, 0.29) is 11.3 Å². The largest absolute Gasteiger partial charge is 0.487 e. The van der Waals surface area contributed by atoms with Gasteiger partial charge in [0, 0.05) is 32.4 Å². The first-order valence-corrected chi connectivity index (χ1v) is 13.2. The Labute approximate surface area is 214 Å². The van der Waals surface area contributed by atoms with Crippen LogP contribution in [0.3, 0.4) is 0 Å². The summed E-state index contributed by atoms with van der Waals surface area (Å²) < 4.78 is 11.5. The summed E-state index contributed by atoms with van der Waals surface area (Å²) in [6.07, 6.45) is 3.90. The topological polar surface area (TPSA) is 84.9 Å². The average molecular weight is 520 g/mol. The van der Waals surface area contributed by atoms with Crippen LogP contribution < -0.4 is 10.1 Å². The van der Waals surface area contributed by atoms with Gasteiger partial charge in [0.1, 0.15) is 22.5 Å². The molecule has 1 aromatic rings. The number of carbonyl (C=O) groups excluding carboxylic acids is 1. The highest BCUT2D eigenvalue weighted by molar-refractivity contribution is 8.22. The summed E-state index contributed by atoms with van der Waals surface area (Å²) in [5, 5.41) is 15.6. The van der Waals surface area contributed by atoms with Gasteiger partial charge in [-0.15, -0.1) is 23.5 Å². The molecule has 0 spiro atoms. The molecule has 2 aliphatic rings. The van der Waals surface area contributed by atoms with E-state index in [1.165, 1.54) is 6.07 Å². The number of carbonyl (C=O) groups is 2. The van der Waals surface area contributed by atoms with E-state index in [1.807, 2.05) is 32.9 Å². The Hall–Kier alpha value is -2.23. The van der Waals surface area contributed by atoms with Crippen LogP contribution in [-0.4, -0.2) is 38.3 Å². The van der Waals surface area contributed by atoms with Gasteiger partial charge in [-0.1, -0.05) is 24.4 Å². The van der Waals surface area contributed by atoms with E-state index in [4.69, 9.17) is 21.7 Å². The monoisotopic (exact) mass is 519 g/mol. The number of rotatable bonds is 5. The number of anilines is 1.